The second kappa shape index (κ2) is 10.3. The van der Waals surface area contributed by atoms with Gasteiger partial charge in [0.25, 0.3) is 0 Å². The Kier molecular flexibility index (Phi) is 8.01. The standard InChI is InChI=1S/C18H27ClN4O2/c1-2-20-11-15-7-9-23(10-8-15)17(24)13-22-18(25)21-12-14-3-5-16(19)6-4-14/h3-6,15,20H,2,7-13H2,1H3,(H2,21,22,25). The van der Waals surface area contributed by atoms with Crippen molar-refractivity contribution in [2.45, 2.75) is 26.3 Å². The van der Waals surface area contributed by atoms with E-state index in [-0.39, 0.29) is 18.5 Å². The molecule has 25 heavy (non-hydrogen) atoms. The lowest BCUT2D eigenvalue weighted by Crippen LogP contribution is -2.46. The van der Waals surface area contributed by atoms with Crippen LogP contribution in [-0.2, 0) is 11.3 Å². The zero-order chi connectivity index (χ0) is 18.1. The van der Waals surface area contributed by atoms with Crippen LogP contribution in [0, 0.1) is 5.92 Å². The lowest BCUT2D eigenvalue weighted by Gasteiger charge is -2.32. The molecule has 1 fully saturated rings. The zero-order valence-electron chi connectivity index (χ0n) is 14.7. The van der Waals surface area contributed by atoms with Crippen molar-refractivity contribution in [3.63, 3.8) is 0 Å². The average molecular weight is 367 g/mol. The Labute approximate surface area is 154 Å². The van der Waals surface area contributed by atoms with Gasteiger partial charge in [0.1, 0.15) is 0 Å². The zero-order valence-corrected chi connectivity index (χ0v) is 15.4. The summed E-state index contributed by atoms with van der Waals surface area (Å²) in [6.07, 6.45) is 2.03. The number of amides is 3. The van der Waals surface area contributed by atoms with Gasteiger partial charge in [-0.1, -0.05) is 30.7 Å². The van der Waals surface area contributed by atoms with Gasteiger partial charge < -0.3 is 20.9 Å². The highest BCUT2D eigenvalue weighted by Crippen LogP contribution is 2.16. The summed E-state index contributed by atoms with van der Waals surface area (Å²) in [5, 5.41) is 9.38. The van der Waals surface area contributed by atoms with Gasteiger partial charge in [-0.3, -0.25) is 4.79 Å². The van der Waals surface area contributed by atoms with Crippen LogP contribution in [0.3, 0.4) is 0 Å². The minimum Gasteiger partial charge on any atom is -0.341 e. The van der Waals surface area contributed by atoms with Gasteiger partial charge in [-0.05, 0) is 49.5 Å². The molecule has 1 saturated heterocycles. The molecule has 0 atom stereocenters. The molecule has 1 aliphatic heterocycles. The summed E-state index contributed by atoms with van der Waals surface area (Å²) in [7, 11) is 0. The molecule has 1 aliphatic rings. The molecule has 0 bridgehead atoms. The smallest absolute Gasteiger partial charge is 0.315 e. The van der Waals surface area contributed by atoms with E-state index in [0.29, 0.717) is 17.5 Å². The first kappa shape index (κ1) is 19.5. The van der Waals surface area contributed by atoms with E-state index in [1.165, 1.54) is 0 Å². The quantitative estimate of drug-likeness (QED) is 0.691. The first-order valence-corrected chi connectivity index (χ1v) is 9.21. The predicted molar refractivity (Wildman–Crippen MR) is 99.5 cm³/mol. The van der Waals surface area contributed by atoms with Crippen molar-refractivity contribution in [3.05, 3.63) is 34.9 Å². The van der Waals surface area contributed by atoms with E-state index in [4.69, 9.17) is 11.6 Å². The second-order valence-corrected chi connectivity index (χ2v) is 6.73. The third-order valence-electron chi connectivity index (χ3n) is 4.42. The van der Waals surface area contributed by atoms with E-state index >= 15 is 0 Å². The first-order valence-electron chi connectivity index (χ1n) is 8.83. The normalized spacial score (nSPS) is 15.0. The summed E-state index contributed by atoms with van der Waals surface area (Å²) in [6, 6.07) is 6.92. The summed E-state index contributed by atoms with van der Waals surface area (Å²) >= 11 is 5.82. The van der Waals surface area contributed by atoms with Crippen LogP contribution in [0.25, 0.3) is 0 Å². The van der Waals surface area contributed by atoms with Crippen molar-refractivity contribution in [2.24, 2.45) is 5.92 Å². The number of carbonyl (C=O) groups is 2. The van der Waals surface area contributed by atoms with Gasteiger partial charge in [0.15, 0.2) is 0 Å². The molecule has 1 aromatic carbocycles. The minimum atomic E-state index is -0.342. The number of piperidine rings is 1. The van der Waals surface area contributed by atoms with Crippen LogP contribution in [0.1, 0.15) is 25.3 Å². The first-order chi connectivity index (χ1) is 12.1. The lowest BCUT2D eigenvalue weighted by atomic mass is 9.97. The fourth-order valence-corrected chi connectivity index (χ4v) is 2.98. The van der Waals surface area contributed by atoms with Gasteiger partial charge in [-0.25, -0.2) is 4.79 Å². The number of hydrogen-bond donors (Lipinski definition) is 3. The monoisotopic (exact) mass is 366 g/mol. The van der Waals surface area contributed by atoms with Crippen LogP contribution in [0.4, 0.5) is 4.79 Å². The highest BCUT2D eigenvalue weighted by Gasteiger charge is 2.22. The molecular weight excluding hydrogens is 340 g/mol. The summed E-state index contributed by atoms with van der Waals surface area (Å²) in [5.74, 6) is 0.614. The largest absolute Gasteiger partial charge is 0.341 e. The number of nitrogens with zero attached hydrogens (tertiary/aromatic N) is 1. The van der Waals surface area contributed by atoms with Crippen LogP contribution in [-0.4, -0.2) is 49.6 Å². The third-order valence-corrected chi connectivity index (χ3v) is 4.67. The summed E-state index contributed by atoms with van der Waals surface area (Å²) in [4.78, 5) is 25.8. The summed E-state index contributed by atoms with van der Waals surface area (Å²) in [5.41, 5.74) is 0.952. The molecule has 3 amide bonds. The van der Waals surface area contributed by atoms with E-state index in [1.807, 2.05) is 17.0 Å². The Morgan fingerprint density at radius 2 is 1.84 bits per heavy atom. The second-order valence-electron chi connectivity index (χ2n) is 6.29. The summed E-state index contributed by atoms with van der Waals surface area (Å²) < 4.78 is 0. The molecule has 7 heteroatoms. The Morgan fingerprint density at radius 3 is 2.48 bits per heavy atom. The van der Waals surface area contributed by atoms with Crippen molar-refractivity contribution in [3.8, 4) is 0 Å². The summed E-state index contributed by atoms with van der Waals surface area (Å²) in [6.45, 7) is 6.06. The van der Waals surface area contributed by atoms with Gasteiger partial charge in [-0.15, -0.1) is 0 Å². The lowest BCUT2D eigenvalue weighted by molar-refractivity contribution is -0.131. The molecule has 0 saturated carbocycles. The van der Waals surface area contributed by atoms with Crippen LogP contribution in [0.15, 0.2) is 24.3 Å². The average Bonchev–Trinajstić information content (AvgIpc) is 2.64. The number of hydrogen-bond acceptors (Lipinski definition) is 3. The van der Waals surface area contributed by atoms with E-state index in [9.17, 15) is 9.59 Å². The SMILES string of the molecule is CCNCC1CCN(C(=O)CNC(=O)NCc2ccc(Cl)cc2)CC1. The van der Waals surface area contributed by atoms with Crippen molar-refractivity contribution in [2.75, 3.05) is 32.7 Å². The Bertz CT molecular complexity index is 557. The minimum absolute atomic E-state index is 0.0245. The maximum atomic E-state index is 12.2. The number of carbonyl (C=O) groups excluding carboxylic acids is 2. The molecule has 1 aromatic rings. The van der Waals surface area contributed by atoms with E-state index in [2.05, 4.69) is 22.9 Å². The topological polar surface area (TPSA) is 73.5 Å². The maximum absolute atomic E-state index is 12.2. The van der Waals surface area contributed by atoms with Gasteiger partial charge in [0, 0.05) is 24.7 Å². The van der Waals surface area contributed by atoms with Gasteiger partial charge in [-0.2, -0.15) is 0 Å². The van der Waals surface area contributed by atoms with Gasteiger partial charge >= 0.3 is 6.03 Å². The Balaban J connectivity index is 1.62. The van der Waals surface area contributed by atoms with E-state index in [1.54, 1.807) is 12.1 Å². The molecule has 0 radical (unpaired) electrons. The molecule has 2 rings (SSSR count). The molecular formula is C18H27ClN4O2. The number of rotatable bonds is 7. The van der Waals surface area contributed by atoms with Crippen LogP contribution in [0.5, 0.6) is 0 Å². The van der Waals surface area contributed by atoms with Crippen LogP contribution >= 0.6 is 11.6 Å². The fourth-order valence-electron chi connectivity index (χ4n) is 2.85. The van der Waals surface area contributed by atoms with Crippen molar-refractivity contribution >= 4 is 23.5 Å². The Morgan fingerprint density at radius 1 is 1.16 bits per heavy atom. The highest BCUT2D eigenvalue weighted by molar-refractivity contribution is 6.30. The number of halogens is 1. The van der Waals surface area contributed by atoms with E-state index in [0.717, 1.165) is 44.6 Å². The molecule has 0 aromatic heterocycles. The van der Waals surface area contributed by atoms with E-state index < -0.39 is 0 Å². The van der Waals surface area contributed by atoms with Crippen LogP contribution in [0.2, 0.25) is 5.02 Å². The van der Waals surface area contributed by atoms with Crippen LogP contribution < -0.4 is 16.0 Å². The van der Waals surface area contributed by atoms with Crippen molar-refractivity contribution in [1.82, 2.24) is 20.9 Å². The number of benzene rings is 1. The number of urea groups is 1. The number of likely N-dealkylation sites (tertiary alicyclic amines) is 1. The Hall–Kier alpha value is -1.79. The molecule has 0 spiro atoms. The molecule has 138 valence electrons. The molecule has 0 aliphatic carbocycles. The van der Waals surface area contributed by atoms with Gasteiger partial charge in [0.05, 0.1) is 6.54 Å². The number of nitrogens with one attached hydrogen (secondary N) is 3. The molecule has 0 unspecified atom stereocenters. The molecule has 6 nitrogen and oxygen atoms in total. The predicted octanol–water partition coefficient (Wildman–Crippen LogP) is 1.99. The van der Waals surface area contributed by atoms with Crippen molar-refractivity contribution in [1.29, 1.82) is 0 Å². The fraction of sp³-hybridized carbons (Fsp3) is 0.556. The molecule has 1 heterocycles. The third kappa shape index (κ3) is 6.92. The van der Waals surface area contributed by atoms with Crippen molar-refractivity contribution < 1.29 is 9.59 Å². The maximum Gasteiger partial charge on any atom is 0.315 e. The highest BCUT2D eigenvalue weighted by atomic mass is 35.5. The molecule has 3 N–H and O–H groups in total. The van der Waals surface area contributed by atoms with Gasteiger partial charge in [0.2, 0.25) is 5.91 Å².